The zero-order valence-corrected chi connectivity index (χ0v) is 14.8. The maximum absolute atomic E-state index is 12.6. The SMILES string of the molecule is COC(=O)[C@@]12CCC(=O)[C@H]3[C@H](O)CC4(SCCCS4)C(OC1)[C@H]32. The van der Waals surface area contributed by atoms with Gasteiger partial charge >= 0.3 is 5.97 Å². The summed E-state index contributed by atoms with van der Waals surface area (Å²) in [5, 5.41) is 10.8. The Bertz CT molecular complexity index is 533. The van der Waals surface area contributed by atoms with Gasteiger partial charge in [-0.15, -0.1) is 23.5 Å². The summed E-state index contributed by atoms with van der Waals surface area (Å²) in [6.07, 6.45) is 1.68. The number of Topliss-reactive ketones (excluding diaryl/α,β-unsaturated/α-hetero) is 1. The van der Waals surface area contributed by atoms with Crippen LogP contribution in [0.1, 0.15) is 25.7 Å². The van der Waals surface area contributed by atoms with E-state index in [1.807, 2.05) is 23.5 Å². The van der Waals surface area contributed by atoms with Gasteiger partial charge in [0, 0.05) is 18.8 Å². The highest BCUT2D eigenvalue weighted by Crippen LogP contribution is 2.64. The van der Waals surface area contributed by atoms with Crippen LogP contribution in [-0.2, 0) is 19.1 Å². The Morgan fingerprint density at radius 3 is 2.83 bits per heavy atom. The number of ketones is 1. The average molecular weight is 358 g/mol. The van der Waals surface area contributed by atoms with E-state index in [4.69, 9.17) is 9.47 Å². The van der Waals surface area contributed by atoms with Crippen molar-refractivity contribution in [1.29, 1.82) is 0 Å². The number of hydrogen-bond donors (Lipinski definition) is 1. The average Bonchev–Trinajstić information content (AvgIpc) is 2.95. The van der Waals surface area contributed by atoms with E-state index in [0.29, 0.717) is 25.9 Å². The minimum Gasteiger partial charge on any atom is -0.469 e. The van der Waals surface area contributed by atoms with Crippen molar-refractivity contribution in [2.75, 3.05) is 25.2 Å². The molecular formula is C16H22O5S2. The van der Waals surface area contributed by atoms with Crippen LogP contribution in [-0.4, -0.2) is 58.4 Å². The molecule has 5 nitrogen and oxygen atoms in total. The molecular weight excluding hydrogens is 336 g/mol. The number of aliphatic hydroxyl groups excluding tert-OH is 1. The third kappa shape index (κ3) is 2.16. The molecule has 0 radical (unpaired) electrons. The number of thioether (sulfide) groups is 2. The van der Waals surface area contributed by atoms with Crippen molar-refractivity contribution in [3.05, 3.63) is 0 Å². The van der Waals surface area contributed by atoms with E-state index in [2.05, 4.69) is 0 Å². The van der Waals surface area contributed by atoms with Gasteiger partial charge in [0.05, 0.1) is 41.3 Å². The van der Waals surface area contributed by atoms with Gasteiger partial charge in [0.1, 0.15) is 5.78 Å². The first kappa shape index (κ1) is 16.2. The van der Waals surface area contributed by atoms with Gasteiger partial charge in [-0.05, 0) is 24.3 Å². The van der Waals surface area contributed by atoms with Gasteiger partial charge in [0.25, 0.3) is 0 Å². The Hall–Kier alpha value is -0.240. The highest BCUT2D eigenvalue weighted by molar-refractivity contribution is 8.18. The molecule has 0 aromatic rings. The second-order valence-corrected chi connectivity index (χ2v) is 10.1. The molecule has 4 rings (SSSR count). The van der Waals surface area contributed by atoms with Gasteiger partial charge in [-0.25, -0.2) is 0 Å². The standard InChI is InChI=1S/C16H22O5S2/c1-20-14(19)15-4-3-9(17)11-10(18)7-16(22-5-2-6-23-16)13(12(11)15)21-8-15/h10-13,18H,2-8H2,1H3/t10-,11+,12+,13?,15+/m1/s1. The summed E-state index contributed by atoms with van der Waals surface area (Å²) in [5.41, 5.74) is -0.759. The molecule has 0 aromatic heterocycles. The lowest BCUT2D eigenvalue weighted by molar-refractivity contribution is -0.165. The van der Waals surface area contributed by atoms with Crippen molar-refractivity contribution >= 4 is 35.3 Å². The molecule has 2 saturated carbocycles. The molecule has 2 saturated heterocycles. The predicted molar refractivity (Wildman–Crippen MR) is 88.3 cm³/mol. The maximum Gasteiger partial charge on any atom is 0.314 e. The van der Waals surface area contributed by atoms with Crippen LogP contribution in [0, 0.1) is 17.3 Å². The monoisotopic (exact) mass is 358 g/mol. The second-order valence-electron chi connectivity index (χ2n) is 7.03. The van der Waals surface area contributed by atoms with E-state index in [0.717, 1.165) is 17.9 Å². The van der Waals surface area contributed by atoms with Crippen LogP contribution in [0.5, 0.6) is 0 Å². The lowest BCUT2D eigenvalue weighted by Crippen LogP contribution is -2.62. The van der Waals surface area contributed by atoms with Crippen LogP contribution in [0.3, 0.4) is 0 Å². The number of methoxy groups -OCH3 is 1. The summed E-state index contributed by atoms with van der Waals surface area (Å²) in [4.78, 5) is 25.1. The quantitative estimate of drug-likeness (QED) is 0.712. The van der Waals surface area contributed by atoms with Crippen LogP contribution < -0.4 is 0 Å². The van der Waals surface area contributed by atoms with Crippen molar-refractivity contribution in [1.82, 2.24) is 0 Å². The van der Waals surface area contributed by atoms with E-state index in [9.17, 15) is 14.7 Å². The van der Waals surface area contributed by atoms with Crippen LogP contribution >= 0.6 is 23.5 Å². The Labute approximate surface area is 144 Å². The fourth-order valence-corrected chi connectivity index (χ4v) is 8.59. The number of rotatable bonds is 1. The van der Waals surface area contributed by atoms with Crippen LogP contribution in [0.25, 0.3) is 0 Å². The Morgan fingerprint density at radius 1 is 1.39 bits per heavy atom. The molecule has 0 bridgehead atoms. The number of aliphatic hydroxyl groups is 1. The Kier molecular flexibility index (Phi) is 3.99. The lowest BCUT2D eigenvalue weighted by Gasteiger charge is -2.53. The van der Waals surface area contributed by atoms with E-state index in [1.54, 1.807) is 0 Å². The van der Waals surface area contributed by atoms with Crippen LogP contribution in [0.4, 0.5) is 0 Å². The number of fused-ring (bicyclic) bond motifs is 1. The first-order valence-corrected chi connectivity index (χ1v) is 10.2. The third-order valence-corrected chi connectivity index (χ3v) is 9.44. The summed E-state index contributed by atoms with van der Waals surface area (Å²) in [6.45, 7) is 0.314. The highest BCUT2D eigenvalue weighted by atomic mass is 32.2. The molecule has 0 aromatic carbocycles. The van der Waals surface area contributed by atoms with Gasteiger partial charge in [-0.3, -0.25) is 9.59 Å². The molecule has 5 atom stereocenters. The summed E-state index contributed by atoms with van der Waals surface area (Å²) in [7, 11) is 1.40. The summed E-state index contributed by atoms with van der Waals surface area (Å²) < 4.78 is 11.0. The summed E-state index contributed by atoms with van der Waals surface area (Å²) in [5.74, 6) is 1.14. The molecule has 1 N–H and O–H groups in total. The number of carbonyl (C=O) groups is 2. The number of carbonyl (C=O) groups excluding carboxylic acids is 2. The normalized spacial score (nSPS) is 44.9. The molecule has 4 fully saturated rings. The summed E-state index contributed by atoms with van der Waals surface area (Å²) >= 11 is 3.68. The Balaban J connectivity index is 1.78. The first-order chi connectivity index (χ1) is 11.0. The van der Waals surface area contributed by atoms with Crippen molar-refractivity contribution < 1.29 is 24.2 Å². The van der Waals surface area contributed by atoms with Crippen molar-refractivity contribution in [3.8, 4) is 0 Å². The van der Waals surface area contributed by atoms with Gasteiger partial charge in [-0.1, -0.05) is 0 Å². The summed E-state index contributed by atoms with van der Waals surface area (Å²) in [6, 6.07) is 0. The molecule has 2 aliphatic carbocycles. The van der Waals surface area contributed by atoms with Gasteiger partial charge in [0.15, 0.2) is 0 Å². The fourth-order valence-electron chi connectivity index (χ4n) is 4.97. The van der Waals surface area contributed by atoms with Crippen LogP contribution in [0.15, 0.2) is 0 Å². The topological polar surface area (TPSA) is 72.8 Å². The number of ether oxygens (including phenoxy) is 2. The van der Waals surface area contributed by atoms with Gasteiger partial charge < -0.3 is 14.6 Å². The van der Waals surface area contributed by atoms with Crippen molar-refractivity contribution in [2.24, 2.45) is 17.3 Å². The minimum atomic E-state index is -0.759. The molecule has 1 unspecified atom stereocenters. The van der Waals surface area contributed by atoms with Crippen molar-refractivity contribution in [3.63, 3.8) is 0 Å². The van der Waals surface area contributed by atoms with E-state index in [-0.39, 0.29) is 27.9 Å². The van der Waals surface area contributed by atoms with Crippen molar-refractivity contribution in [2.45, 2.75) is 42.0 Å². The fraction of sp³-hybridized carbons (Fsp3) is 0.875. The smallest absolute Gasteiger partial charge is 0.314 e. The van der Waals surface area contributed by atoms with E-state index < -0.39 is 17.4 Å². The zero-order chi connectivity index (χ0) is 16.2. The molecule has 2 heterocycles. The molecule has 23 heavy (non-hydrogen) atoms. The minimum absolute atomic E-state index is 0.0817. The molecule has 1 spiro atoms. The first-order valence-electron chi connectivity index (χ1n) is 8.23. The maximum atomic E-state index is 12.6. The molecule has 4 aliphatic rings. The molecule has 2 aliphatic heterocycles. The van der Waals surface area contributed by atoms with Gasteiger partial charge in [-0.2, -0.15) is 0 Å². The Morgan fingerprint density at radius 2 is 2.13 bits per heavy atom. The van der Waals surface area contributed by atoms with E-state index >= 15 is 0 Å². The largest absolute Gasteiger partial charge is 0.469 e. The molecule has 0 amide bonds. The molecule has 128 valence electrons. The van der Waals surface area contributed by atoms with Crippen LogP contribution in [0.2, 0.25) is 0 Å². The lowest BCUT2D eigenvalue weighted by atomic mass is 9.56. The predicted octanol–water partition coefficient (Wildman–Crippen LogP) is 1.47. The third-order valence-electron chi connectivity index (χ3n) is 5.98. The van der Waals surface area contributed by atoms with Gasteiger partial charge in [0.2, 0.25) is 0 Å². The number of esters is 1. The highest BCUT2D eigenvalue weighted by Gasteiger charge is 2.70. The zero-order valence-electron chi connectivity index (χ0n) is 13.2. The second kappa shape index (κ2) is 5.64. The van der Waals surface area contributed by atoms with E-state index in [1.165, 1.54) is 7.11 Å². The number of hydrogen-bond acceptors (Lipinski definition) is 7. The molecule has 7 heteroatoms.